The molecule has 1 atom stereocenters. The molecular formula is C29H28F2N2O2. The second-order valence-corrected chi connectivity index (χ2v) is 9.17. The smallest absolute Gasteiger partial charge is 0.254 e. The Bertz CT molecular complexity index is 1350. The number of carbonyl (C=O) groups excluding carboxylic acids is 1. The summed E-state index contributed by atoms with van der Waals surface area (Å²) in [4.78, 5) is 19.8. The van der Waals surface area contributed by atoms with E-state index in [0.29, 0.717) is 40.2 Å². The molecule has 1 saturated heterocycles. The lowest BCUT2D eigenvalue weighted by molar-refractivity contribution is 0.0717. The molecular weight excluding hydrogens is 446 g/mol. The van der Waals surface area contributed by atoms with E-state index in [4.69, 9.17) is 4.42 Å². The van der Waals surface area contributed by atoms with Gasteiger partial charge in [-0.2, -0.15) is 0 Å². The van der Waals surface area contributed by atoms with Gasteiger partial charge in [-0.25, -0.2) is 13.8 Å². The summed E-state index contributed by atoms with van der Waals surface area (Å²) in [5.41, 5.74) is 3.96. The highest BCUT2D eigenvalue weighted by atomic mass is 19.1. The van der Waals surface area contributed by atoms with Crippen LogP contribution in [0.3, 0.4) is 0 Å². The Hall–Kier alpha value is -3.54. The Balaban J connectivity index is 1.36. The molecule has 0 radical (unpaired) electrons. The van der Waals surface area contributed by atoms with Crippen LogP contribution in [-0.2, 0) is 6.42 Å². The first-order chi connectivity index (χ1) is 17.0. The van der Waals surface area contributed by atoms with Crippen molar-refractivity contribution in [3.8, 4) is 11.1 Å². The standard InChI is InChI=1S/C29H28F2N2O2/c1-2-3-4-6-19-8-10-20(11-9-19)29(34)33-16-5-7-26(33)28-32-25-17-21(12-15-27(25)35-28)23-14-13-22(30)18-24(23)31/h8-15,17-18,26H,2-7,16H2,1H3. The first kappa shape index (κ1) is 23.2. The third-order valence-corrected chi connectivity index (χ3v) is 6.71. The third kappa shape index (κ3) is 4.83. The Kier molecular flexibility index (Phi) is 6.62. The van der Waals surface area contributed by atoms with Crippen molar-refractivity contribution >= 4 is 17.0 Å². The highest BCUT2D eigenvalue weighted by Gasteiger charge is 2.34. The molecule has 3 aromatic carbocycles. The number of carbonyl (C=O) groups is 1. The number of fused-ring (bicyclic) bond motifs is 1. The molecule has 1 amide bonds. The van der Waals surface area contributed by atoms with Crippen molar-refractivity contribution in [1.29, 1.82) is 0 Å². The highest BCUT2D eigenvalue weighted by molar-refractivity contribution is 5.94. The van der Waals surface area contributed by atoms with Crippen LogP contribution in [-0.4, -0.2) is 22.3 Å². The summed E-state index contributed by atoms with van der Waals surface area (Å²) in [5, 5.41) is 0. The lowest BCUT2D eigenvalue weighted by atomic mass is 10.0. The minimum absolute atomic E-state index is 0.0241. The molecule has 1 fully saturated rings. The molecule has 1 aliphatic heterocycles. The van der Waals surface area contributed by atoms with Crippen LogP contribution >= 0.6 is 0 Å². The van der Waals surface area contributed by atoms with E-state index in [1.54, 1.807) is 18.2 Å². The van der Waals surface area contributed by atoms with E-state index >= 15 is 0 Å². The first-order valence-corrected chi connectivity index (χ1v) is 12.3. The van der Waals surface area contributed by atoms with Gasteiger partial charge < -0.3 is 9.32 Å². The molecule has 0 bridgehead atoms. The van der Waals surface area contributed by atoms with Gasteiger partial charge in [-0.1, -0.05) is 38.0 Å². The monoisotopic (exact) mass is 474 g/mol. The van der Waals surface area contributed by atoms with Crippen molar-refractivity contribution in [3.05, 3.63) is 89.3 Å². The van der Waals surface area contributed by atoms with Gasteiger partial charge in [0.2, 0.25) is 5.89 Å². The Labute approximate surface area is 203 Å². The fourth-order valence-electron chi connectivity index (χ4n) is 4.80. The minimum atomic E-state index is -0.628. The number of unbranched alkanes of at least 4 members (excludes halogenated alkanes) is 2. The Morgan fingerprint density at radius 2 is 1.89 bits per heavy atom. The number of oxazole rings is 1. The van der Waals surface area contributed by atoms with Gasteiger partial charge in [0.1, 0.15) is 23.2 Å². The summed E-state index contributed by atoms with van der Waals surface area (Å²) in [6.07, 6.45) is 6.23. The van der Waals surface area contributed by atoms with E-state index in [9.17, 15) is 13.6 Å². The zero-order valence-corrected chi connectivity index (χ0v) is 19.8. The first-order valence-electron chi connectivity index (χ1n) is 12.3. The number of aryl methyl sites for hydroxylation is 1. The van der Waals surface area contributed by atoms with Crippen LogP contribution in [0.4, 0.5) is 8.78 Å². The molecule has 1 aliphatic rings. The Morgan fingerprint density at radius 3 is 2.66 bits per heavy atom. The summed E-state index contributed by atoms with van der Waals surface area (Å²) in [6.45, 7) is 2.84. The third-order valence-electron chi connectivity index (χ3n) is 6.71. The summed E-state index contributed by atoms with van der Waals surface area (Å²) in [7, 11) is 0. The molecule has 0 saturated carbocycles. The van der Waals surface area contributed by atoms with E-state index in [-0.39, 0.29) is 11.9 Å². The molecule has 1 unspecified atom stereocenters. The fraction of sp³-hybridized carbons (Fsp3) is 0.310. The molecule has 0 N–H and O–H groups in total. The fourth-order valence-corrected chi connectivity index (χ4v) is 4.80. The van der Waals surface area contributed by atoms with Gasteiger partial charge in [0.05, 0.1) is 0 Å². The number of rotatable bonds is 7. The Morgan fingerprint density at radius 1 is 1.06 bits per heavy atom. The number of benzene rings is 3. The topological polar surface area (TPSA) is 46.3 Å². The molecule has 5 rings (SSSR count). The van der Waals surface area contributed by atoms with Crippen molar-refractivity contribution in [2.75, 3.05) is 6.54 Å². The second-order valence-electron chi connectivity index (χ2n) is 9.17. The van der Waals surface area contributed by atoms with Gasteiger partial charge in [0, 0.05) is 23.7 Å². The quantitative estimate of drug-likeness (QED) is 0.261. The molecule has 1 aromatic heterocycles. The maximum Gasteiger partial charge on any atom is 0.254 e. The van der Waals surface area contributed by atoms with Crippen molar-refractivity contribution in [1.82, 2.24) is 9.88 Å². The van der Waals surface area contributed by atoms with Gasteiger partial charge >= 0.3 is 0 Å². The molecule has 0 aliphatic carbocycles. The average molecular weight is 475 g/mol. The maximum atomic E-state index is 14.3. The largest absolute Gasteiger partial charge is 0.438 e. The SMILES string of the molecule is CCCCCc1ccc(C(=O)N2CCCC2c2nc3cc(-c4ccc(F)cc4F)ccc3o2)cc1. The molecule has 35 heavy (non-hydrogen) atoms. The van der Waals surface area contributed by atoms with E-state index < -0.39 is 11.6 Å². The van der Waals surface area contributed by atoms with Gasteiger partial charge in [-0.15, -0.1) is 0 Å². The zero-order chi connectivity index (χ0) is 24.4. The number of halogens is 2. The van der Waals surface area contributed by atoms with Crippen LogP contribution in [0.2, 0.25) is 0 Å². The summed E-state index contributed by atoms with van der Waals surface area (Å²) in [6, 6.07) is 16.4. The lowest BCUT2D eigenvalue weighted by Gasteiger charge is -2.22. The van der Waals surface area contributed by atoms with Crippen molar-refractivity contribution in [2.45, 2.75) is 51.5 Å². The van der Waals surface area contributed by atoms with Crippen LogP contribution in [0.25, 0.3) is 22.2 Å². The van der Waals surface area contributed by atoms with Crippen molar-refractivity contribution < 1.29 is 18.0 Å². The van der Waals surface area contributed by atoms with Crippen LogP contribution in [0.15, 0.2) is 65.1 Å². The summed E-state index contributed by atoms with van der Waals surface area (Å²) >= 11 is 0. The van der Waals surface area contributed by atoms with Crippen molar-refractivity contribution in [3.63, 3.8) is 0 Å². The van der Waals surface area contributed by atoms with E-state index in [0.717, 1.165) is 31.7 Å². The molecule has 2 heterocycles. The number of aromatic nitrogens is 1. The number of hydrogen-bond donors (Lipinski definition) is 0. The molecule has 6 heteroatoms. The number of nitrogens with zero attached hydrogens (tertiary/aromatic N) is 2. The molecule has 0 spiro atoms. The maximum absolute atomic E-state index is 14.3. The zero-order valence-electron chi connectivity index (χ0n) is 19.8. The van der Waals surface area contributed by atoms with E-state index in [2.05, 4.69) is 11.9 Å². The van der Waals surface area contributed by atoms with Gasteiger partial charge in [0.15, 0.2) is 5.58 Å². The van der Waals surface area contributed by atoms with Gasteiger partial charge in [-0.05, 0) is 73.2 Å². The second kappa shape index (κ2) is 9.98. The average Bonchev–Trinajstić information content (AvgIpc) is 3.51. The van der Waals surface area contributed by atoms with Crippen molar-refractivity contribution in [2.24, 2.45) is 0 Å². The predicted octanol–water partition coefficient (Wildman–Crippen LogP) is 7.48. The summed E-state index contributed by atoms with van der Waals surface area (Å²) < 4.78 is 33.6. The van der Waals surface area contributed by atoms with Crippen LogP contribution in [0.5, 0.6) is 0 Å². The number of hydrogen-bond acceptors (Lipinski definition) is 3. The number of amides is 1. The van der Waals surface area contributed by atoms with Gasteiger partial charge in [-0.3, -0.25) is 4.79 Å². The lowest BCUT2D eigenvalue weighted by Crippen LogP contribution is -2.30. The van der Waals surface area contributed by atoms with Crippen LogP contribution in [0.1, 0.15) is 66.9 Å². The normalized spacial score (nSPS) is 15.7. The number of likely N-dealkylation sites (tertiary alicyclic amines) is 1. The van der Waals surface area contributed by atoms with Gasteiger partial charge in [0.25, 0.3) is 5.91 Å². The predicted molar refractivity (Wildman–Crippen MR) is 132 cm³/mol. The van der Waals surface area contributed by atoms with Crippen LogP contribution < -0.4 is 0 Å². The molecule has 4 aromatic rings. The summed E-state index contributed by atoms with van der Waals surface area (Å²) in [5.74, 6) is -0.784. The van der Waals surface area contributed by atoms with E-state index in [1.165, 1.54) is 30.5 Å². The molecule has 4 nitrogen and oxygen atoms in total. The van der Waals surface area contributed by atoms with Crippen LogP contribution in [0, 0.1) is 11.6 Å². The van der Waals surface area contributed by atoms with E-state index in [1.807, 2.05) is 29.2 Å². The minimum Gasteiger partial charge on any atom is -0.438 e. The highest BCUT2D eigenvalue weighted by Crippen LogP contribution is 2.35. The molecule has 180 valence electrons.